The predicted octanol–water partition coefficient (Wildman–Crippen LogP) is 1.28. The van der Waals surface area contributed by atoms with Crippen LogP contribution in [-0.4, -0.2) is 57.3 Å². The molecule has 0 amide bonds. The van der Waals surface area contributed by atoms with Crippen molar-refractivity contribution in [3.63, 3.8) is 0 Å². The number of methoxy groups -OCH3 is 1. The third kappa shape index (κ3) is 4.66. The van der Waals surface area contributed by atoms with Gasteiger partial charge < -0.3 is 10.1 Å². The summed E-state index contributed by atoms with van der Waals surface area (Å²) in [6.45, 7) is 2.46. The zero-order valence-electron chi connectivity index (χ0n) is 12.6. The number of rotatable bonds is 6. The molecule has 1 aliphatic rings. The minimum atomic E-state index is -3.12. The number of hydrogen-bond donors (Lipinski definition) is 1. The van der Waals surface area contributed by atoms with Crippen molar-refractivity contribution >= 4 is 15.8 Å². The zero-order valence-corrected chi connectivity index (χ0v) is 13.4. The van der Waals surface area contributed by atoms with Crippen LogP contribution in [0.15, 0.2) is 18.2 Å². The van der Waals surface area contributed by atoms with E-state index in [2.05, 4.69) is 10.3 Å². The first-order chi connectivity index (χ1) is 10.0. The van der Waals surface area contributed by atoms with E-state index in [1.54, 1.807) is 11.4 Å². The Morgan fingerprint density at radius 2 is 2.29 bits per heavy atom. The lowest BCUT2D eigenvalue weighted by Crippen LogP contribution is -2.38. The van der Waals surface area contributed by atoms with Gasteiger partial charge in [-0.25, -0.2) is 17.7 Å². The summed E-state index contributed by atoms with van der Waals surface area (Å²) < 4.78 is 29.9. The lowest BCUT2D eigenvalue weighted by atomic mass is 9.96. The van der Waals surface area contributed by atoms with Crippen LogP contribution < -0.4 is 5.32 Å². The summed E-state index contributed by atoms with van der Waals surface area (Å²) in [6, 6.07) is 5.84. The van der Waals surface area contributed by atoms with Gasteiger partial charge in [0.2, 0.25) is 10.0 Å². The normalized spacial score (nSPS) is 20.4. The van der Waals surface area contributed by atoms with Crippen molar-refractivity contribution in [1.29, 1.82) is 0 Å². The quantitative estimate of drug-likeness (QED) is 0.801. The van der Waals surface area contributed by atoms with Crippen LogP contribution in [0.5, 0.6) is 0 Å². The Balaban J connectivity index is 2.05. The maximum atomic E-state index is 11.7. The van der Waals surface area contributed by atoms with Crippen molar-refractivity contribution in [3.05, 3.63) is 23.9 Å². The lowest BCUT2D eigenvalue weighted by Gasteiger charge is -2.30. The summed E-state index contributed by atoms with van der Waals surface area (Å²) in [6.07, 6.45) is 3.12. The van der Waals surface area contributed by atoms with Crippen LogP contribution in [0.2, 0.25) is 0 Å². The van der Waals surface area contributed by atoms with Gasteiger partial charge in [0.05, 0.1) is 12.9 Å². The fraction of sp³-hybridized carbons (Fsp3) is 0.643. The van der Waals surface area contributed by atoms with Gasteiger partial charge in [-0.2, -0.15) is 0 Å². The summed E-state index contributed by atoms with van der Waals surface area (Å²) in [5.74, 6) is 0.971. The first-order valence-corrected chi connectivity index (χ1v) is 9.00. The second-order valence-corrected chi connectivity index (χ2v) is 7.31. The molecule has 1 atom stereocenters. The molecule has 1 N–H and O–H groups in total. The van der Waals surface area contributed by atoms with E-state index in [1.807, 2.05) is 18.2 Å². The average molecular weight is 313 g/mol. The molecule has 6 nitrogen and oxygen atoms in total. The van der Waals surface area contributed by atoms with Crippen LogP contribution in [0, 0.1) is 0 Å². The van der Waals surface area contributed by atoms with Gasteiger partial charge in [0.25, 0.3) is 0 Å². The molecule has 0 bridgehead atoms. The number of pyridine rings is 1. The van der Waals surface area contributed by atoms with Gasteiger partial charge in [0.1, 0.15) is 5.82 Å². The van der Waals surface area contributed by atoms with E-state index in [0.717, 1.165) is 24.4 Å². The third-order valence-electron chi connectivity index (χ3n) is 3.65. The second kappa shape index (κ2) is 7.20. The Morgan fingerprint density at radius 1 is 1.48 bits per heavy atom. The summed E-state index contributed by atoms with van der Waals surface area (Å²) >= 11 is 0. The van der Waals surface area contributed by atoms with Crippen molar-refractivity contribution in [2.75, 3.05) is 44.9 Å². The molecule has 1 fully saturated rings. The molecular formula is C14H23N3O3S. The number of sulfonamides is 1. The number of ether oxygens (including phenoxy) is 1. The molecule has 0 radical (unpaired) electrons. The van der Waals surface area contributed by atoms with Gasteiger partial charge >= 0.3 is 0 Å². The number of nitrogens with one attached hydrogen (secondary N) is 1. The molecule has 118 valence electrons. The zero-order chi connectivity index (χ0) is 15.3. The molecule has 2 heterocycles. The highest BCUT2D eigenvalue weighted by Gasteiger charge is 2.27. The van der Waals surface area contributed by atoms with Crippen LogP contribution in [0.1, 0.15) is 24.5 Å². The maximum absolute atomic E-state index is 11.7. The molecule has 21 heavy (non-hydrogen) atoms. The first kappa shape index (κ1) is 16.2. The Morgan fingerprint density at radius 3 is 3.00 bits per heavy atom. The monoisotopic (exact) mass is 313 g/mol. The first-order valence-electron chi connectivity index (χ1n) is 7.15. The van der Waals surface area contributed by atoms with Crippen molar-refractivity contribution < 1.29 is 13.2 Å². The second-order valence-electron chi connectivity index (χ2n) is 5.33. The molecule has 0 saturated carbocycles. The molecule has 0 aliphatic carbocycles. The van der Waals surface area contributed by atoms with E-state index in [-0.39, 0.29) is 5.92 Å². The van der Waals surface area contributed by atoms with E-state index in [4.69, 9.17) is 4.74 Å². The molecule has 1 aromatic heterocycles. The molecule has 1 saturated heterocycles. The minimum absolute atomic E-state index is 0.164. The molecule has 1 aliphatic heterocycles. The van der Waals surface area contributed by atoms with E-state index in [9.17, 15) is 8.42 Å². The van der Waals surface area contributed by atoms with Crippen LogP contribution in [0.3, 0.4) is 0 Å². The number of anilines is 1. The highest BCUT2D eigenvalue weighted by Crippen LogP contribution is 2.27. The van der Waals surface area contributed by atoms with E-state index in [0.29, 0.717) is 26.2 Å². The van der Waals surface area contributed by atoms with E-state index in [1.165, 1.54) is 6.26 Å². The number of piperidine rings is 1. The molecule has 0 aromatic carbocycles. The van der Waals surface area contributed by atoms with Crippen molar-refractivity contribution in [2.45, 2.75) is 18.8 Å². The molecular weight excluding hydrogens is 290 g/mol. The van der Waals surface area contributed by atoms with E-state index < -0.39 is 10.0 Å². The van der Waals surface area contributed by atoms with Gasteiger partial charge in [-0.3, -0.25) is 0 Å². The Labute approximate surface area is 126 Å². The van der Waals surface area contributed by atoms with E-state index >= 15 is 0 Å². The Kier molecular flexibility index (Phi) is 5.55. The SMILES string of the molecule is COCCNc1cccc([C@H]2CCCN(S(C)(=O)=O)C2)n1. The predicted molar refractivity (Wildman–Crippen MR) is 83.0 cm³/mol. The average Bonchev–Trinajstić information content (AvgIpc) is 2.47. The van der Waals surface area contributed by atoms with Gasteiger partial charge in [0, 0.05) is 38.4 Å². The standard InChI is InChI=1S/C14H23N3O3S/c1-20-10-8-15-14-7-3-6-13(16-14)12-5-4-9-17(11-12)21(2,18)19/h3,6-7,12H,4-5,8-11H2,1-2H3,(H,15,16)/t12-/m0/s1. The van der Waals surface area contributed by atoms with Gasteiger partial charge in [-0.05, 0) is 25.0 Å². The molecule has 2 rings (SSSR count). The van der Waals surface area contributed by atoms with Gasteiger partial charge in [-0.15, -0.1) is 0 Å². The fourth-order valence-electron chi connectivity index (χ4n) is 2.54. The fourth-order valence-corrected chi connectivity index (χ4v) is 3.45. The highest BCUT2D eigenvalue weighted by molar-refractivity contribution is 7.88. The topological polar surface area (TPSA) is 71.5 Å². The Hall–Kier alpha value is -1.18. The smallest absolute Gasteiger partial charge is 0.211 e. The lowest BCUT2D eigenvalue weighted by molar-refractivity contribution is 0.210. The highest BCUT2D eigenvalue weighted by atomic mass is 32.2. The summed E-state index contributed by atoms with van der Waals surface area (Å²) in [5, 5.41) is 3.20. The molecule has 7 heteroatoms. The summed E-state index contributed by atoms with van der Waals surface area (Å²) in [4.78, 5) is 4.60. The van der Waals surface area contributed by atoms with Crippen molar-refractivity contribution in [3.8, 4) is 0 Å². The van der Waals surface area contributed by atoms with Crippen LogP contribution in [0.4, 0.5) is 5.82 Å². The van der Waals surface area contributed by atoms with Gasteiger partial charge in [-0.1, -0.05) is 6.07 Å². The van der Waals surface area contributed by atoms with Crippen LogP contribution in [0.25, 0.3) is 0 Å². The third-order valence-corrected chi connectivity index (χ3v) is 4.92. The number of nitrogens with zero attached hydrogens (tertiary/aromatic N) is 2. The number of hydrogen-bond acceptors (Lipinski definition) is 5. The van der Waals surface area contributed by atoms with Crippen molar-refractivity contribution in [1.82, 2.24) is 9.29 Å². The maximum Gasteiger partial charge on any atom is 0.211 e. The number of aromatic nitrogens is 1. The minimum Gasteiger partial charge on any atom is -0.383 e. The van der Waals surface area contributed by atoms with Crippen LogP contribution >= 0.6 is 0 Å². The molecule has 0 spiro atoms. The van der Waals surface area contributed by atoms with Crippen LogP contribution in [-0.2, 0) is 14.8 Å². The summed E-state index contributed by atoms with van der Waals surface area (Å²) in [7, 11) is -1.46. The molecule has 0 unspecified atom stereocenters. The van der Waals surface area contributed by atoms with Gasteiger partial charge in [0.15, 0.2) is 0 Å². The Bertz CT molecular complexity index is 562. The largest absolute Gasteiger partial charge is 0.383 e. The molecule has 1 aromatic rings. The van der Waals surface area contributed by atoms with Crippen molar-refractivity contribution in [2.24, 2.45) is 0 Å². The summed E-state index contributed by atoms with van der Waals surface area (Å²) in [5.41, 5.74) is 0.950.